The number of nitro groups is 1. The minimum absolute atomic E-state index is 0.114. The number of nitro benzene ring substituents is 1. The predicted molar refractivity (Wildman–Crippen MR) is 82.6 cm³/mol. The molecule has 1 saturated heterocycles. The molecule has 1 unspecified atom stereocenters. The summed E-state index contributed by atoms with van der Waals surface area (Å²) in [6.07, 6.45) is -0.613. The van der Waals surface area contributed by atoms with Gasteiger partial charge in [0.1, 0.15) is 0 Å². The van der Waals surface area contributed by atoms with Crippen LogP contribution < -0.4 is 15.4 Å². The number of sulfonamides is 1. The maximum absolute atomic E-state index is 13.0. The van der Waals surface area contributed by atoms with Crippen molar-refractivity contribution in [1.82, 2.24) is 15.4 Å². The van der Waals surface area contributed by atoms with Gasteiger partial charge in [-0.25, -0.2) is 21.9 Å². The molecule has 2 rings (SSSR count). The van der Waals surface area contributed by atoms with E-state index in [-0.39, 0.29) is 23.7 Å². The largest absolute Gasteiger partial charge is 0.353 e. The van der Waals surface area contributed by atoms with Crippen LogP contribution in [0.2, 0.25) is 0 Å². The van der Waals surface area contributed by atoms with Gasteiger partial charge in [-0.1, -0.05) is 6.07 Å². The molecule has 9 nitrogen and oxygen atoms in total. The van der Waals surface area contributed by atoms with Gasteiger partial charge in [-0.2, -0.15) is 0 Å². The van der Waals surface area contributed by atoms with Gasteiger partial charge in [-0.15, -0.1) is 0 Å². The lowest BCUT2D eigenvalue weighted by Gasteiger charge is -2.12. The van der Waals surface area contributed by atoms with Crippen LogP contribution in [0, 0.1) is 10.1 Å². The number of nitrogens with one attached hydrogen (secondary N) is 3. The maximum atomic E-state index is 13.0. The van der Waals surface area contributed by atoms with E-state index in [9.17, 15) is 32.1 Å². The fourth-order valence-corrected chi connectivity index (χ4v) is 3.31. The summed E-state index contributed by atoms with van der Waals surface area (Å²) in [5.41, 5.74) is -0.371. The third-order valence-electron chi connectivity index (χ3n) is 3.48. The van der Waals surface area contributed by atoms with Gasteiger partial charge in [-0.05, 0) is 6.07 Å². The zero-order valence-electron chi connectivity index (χ0n) is 12.9. The second-order valence-electron chi connectivity index (χ2n) is 5.44. The van der Waals surface area contributed by atoms with Crippen molar-refractivity contribution >= 4 is 21.6 Å². The molecule has 1 aromatic carbocycles. The number of carbonyl (C=O) groups is 1. The molecule has 0 saturated carbocycles. The Labute approximate surface area is 142 Å². The average Bonchev–Trinajstić information content (AvgIpc) is 2.91. The van der Waals surface area contributed by atoms with E-state index >= 15 is 0 Å². The summed E-state index contributed by atoms with van der Waals surface area (Å²) in [5.74, 6) is -3.59. The molecule has 1 aliphatic heterocycles. The van der Waals surface area contributed by atoms with Gasteiger partial charge in [0.25, 0.3) is 11.6 Å². The van der Waals surface area contributed by atoms with Crippen molar-refractivity contribution < 1.29 is 26.9 Å². The highest BCUT2D eigenvalue weighted by Crippen LogP contribution is 2.24. The van der Waals surface area contributed by atoms with Gasteiger partial charge in [0.05, 0.1) is 22.4 Å². The van der Waals surface area contributed by atoms with Crippen LogP contribution in [-0.4, -0.2) is 50.8 Å². The van der Waals surface area contributed by atoms with Gasteiger partial charge in [-0.3, -0.25) is 20.2 Å². The quantitative estimate of drug-likeness (QED) is 0.347. The Morgan fingerprint density at radius 1 is 1.40 bits per heavy atom. The SMILES string of the molecule is O=C(NCCNS(=O)(=O)c1cccc([N+](=O)[O-])c1)C1CC(F)(F)CN1. The Kier molecular flexibility index (Phi) is 5.65. The number of hydrogen-bond acceptors (Lipinski definition) is 6. The molecule has 0 bridgehead atoms. The fraction of sp³-hybridized carbons (Fsp3) is 0.462. The topological polar surface area (TPSA) is 130 Å². The highest BCUT2D eigenvalue weighted by molar-refractivity contribution is 7.89. The molecule has 1 aromatic rings. The second-order valence-corrected chi connectivity index (χ2v) is 7.20. The summed E-state index contributed by atoms with van der Waals surface area (Å²) in [4.78, 5) is 21.4. The first-order chi connectivity index (χ1) is 11.6. The molecule has 1 heterocycles. The van der Waals surface area contributed by atoms with Gasteiger partial charge < -0.3 is 5.32 Å². The van der Waals surface area contributed by atoms with E-state index in [0.717, 1.165) is 12.1 Å². The minimum Gasteiger partial charge on any atom is -0.353 e. The third kappa shape index (κ3) is 5.14. The normalized spacial score (nSPS) is 19.5. The smallest absolute Gasteiger partial charge is 0.270 e. The summed E-state index contributed by atoms with van der Waals surface area (Å²) in [7, 11) is -3.99. The molecule has 0 aromatic heterocycles. The van der Waals surface area contributed by atoms with Crippen LogP contribution >= 0.6 is 0 Å². The van der Waals surface area contributed by atoms with E-state index in [0.29, 0.717) is 0 Å². The summed E-state index contributed by atoms with van der Waals surface area (Å²) >= 11 is 0. The number of amides is 1. The minimum atomic E-state index is -3.99. The van der Waals surface area contributed by atoms with Crippen LogP contribution in [0.3, 0.4) is 0 Å². The van der Waals surface area contributed by atoms with Crippen molar-refractivity contribution in [2.45, 2.75) is 23.3 Å². The second kappa shape index (κ2) is 7.37. The lowest BCUT2D eigenvalue weighted by Crippen LogP contribution is -2.43. The fourth-order valence-electron chi connectivity index (χ4n) is 2.24. The summed E-state index contributed by atoms with van der Waals surface area (Å²) < 4.78 is 52.2. The number of carbonyl (C=O) groups excluding carboxylic acids is 1. The Balaban J connectivity index is 1.84. The van der Waals surface area contributed by atoms with E-state index < -0.39 is 45.8 Å². The van der Waals surface area contributed by atoms with E-state index in [1.54, 1.807) is 0 Å². The Hall–Kier alpha value is -2.18. The van der Waals surface area contributed by atoms with E-state index in [1.165, 1.54) is 12.1 Å². The van der Waals surface area contributed by atoms with Crippen molar-refractivity contribution in [1.29, 1.82) is 0 Å². The van der Waals surface area contributed by atoms with Gasteiger partial charge in [0, 0.05) is 31.6 Å². The number of hydrogen-bond donors (Lipinski definition) is 3. The highest BCUT2D eigenvalue weighted by Gasteiger charge is 2.42. The van der Waals surface area contributed by atoms with Crippen LogP contribution in [-0.2, 0) is 14.8 Å². The zero-order valence-corrected chi connectivity index (χ0v) is 13.7. The summed E-state index contributed by atoms with van der Waals surface area (Å²) in [6.45, 7) is -0.888. The number of benzene rings is 1. The lowest BCUT2D eigenvalue weighted by molar-refractivity contribution is -0.385. The summed E-state index contributed by atoms with van der Waals surface area (Å²) in [5, 5.41) is 15.4. The molecule has 25 heavy (non-hydrogen) atoms. The van der Waals surface area contributed by atoms with Crippen LogP contribution in [0.5, 0.6) is 0 Å². The predicted octanol–water partition coefficient (Wildman–Crippen LogP) is -0.0135. The zero-order chi connectivity index (χ0) is 18.7. The first-order valence-corrected chi connectivity index (χ1v) is 8.72. The Morgan fingerprint density at radius 3 is 2.72 bits per heavy atom. The van der Waals surface area contributed by atoms with Crippen molar-refractivity contribution in [3.8, 4) is 0 Å². The molecule has 0 aliphatic carbocycles. The maximum Gasteiger partial charge on any atom is 0.270 e. The molecule has 3 N–H and O–H groups in total. The summed E-state index contributed by atoms with van der Waals surface area (Å²) in [6, 6.07) is 3.47. The molecule has 12 heteroatoms. The van der Waals surface area contributed by atoms with Crippen LogP contribution in [0.4, 0.5) is 14.5 Å². The number of halogens is 2. The molecule has 1 atom stereocenters. The van der Waals surface area contributed by atoms with Crippen molar-refractivity contribution in [3.05, 3.63) is 34.4 Å². The van der Waals surface area contributed by atoms with E-state index in [2.05, 4.69) is 15.4 Å². The van der Waals surface area contributed by atoms with Gasteiger partial charge in [0.15, 0.2) is 0 Å². The number of rotatable bonds is 7. The lowest BCUT2D eigenvalue weighted by atomic mass is 10.2. The van der Waals surface area contributed by atoms with Crippen molar-refractivity contribution in [2.75, 3.05) is 19.6 Å². The van der Waals surface area contributed by atoms with E-state index in [4.69, 9.17) is 0 Å². The third-order valence-corrected chi connectivity index (χ3v) is 4.94. The standard InChI is InChI=1S/C13H16F2N4O5S/c14-13(15)7-11(17-8-13)12(20)16-4-5-18-25(23,24)10-3-1-2-9(6-10)19(21)22/h1-3,6,11,17-18H,4-5,7-8H2,(H,16,20). The van der Waals surface area contributed by atoms with E-state index in [1.807, 2.05) is 0 Å². The molecular formula is C13H16F2N4O5S. The molecule has 1 aliphatic rings. The van der Waals surface area contributed by atoms with Gasteiger partial charge >= 0.3 is 0 Å². The molecule has 138 valence electrons. The van der Waals surface area contributed by atoms with Gasteiger partial charge in [0.2, 0.25) is 15.9 Å². The molecule has 1 fully saturated rings. The Bertz CT molecular complexity index is 771. The van der Waals surface area contributed by atoms with Crippen LogP contribution in [0.1, 0.15) is 6.42 Å². The highest BCUT2D eigenvalue weighted by atomic mass is 32.2. The molecular weight excluding hydrogens is 362 g/mol. The van der Waals surface area contributed by atoms with Crippen LogP contribution in [0.25, 0.3) is 0 Å². The average molecular weight is 378 g/mol. The number of non-ortho nitro benzene ring substituents is 1. The first kappa shape index (κ1) is 19.1. The van der Waals surface area contributed by atoms with Crippen molar-refractivity contribution in [2.24, 2.45) is 0 Å². The first-order valence-electron chi connectivity index (χ1n) is 7.24. The number of alkyl halides is 2. The monoisotopic (exact) mass is 378 g/mol. The van der Waals surface area contributed by atoms with Crippen molar-refractivity contribution in [3.63, 3.8) is 0 Å². The Morgan fingerprint density at radius 2 is 2.12 bits per heavy atom. The number of nitrogens with zero attached hydrogens (tertiary/aromatic N) is 1. The molecule has 0 spiro atoms. The molecule has 0 radical (unpaired) electrons. The molecule has 1 amide bonds. The van der Waals surface area contributed by atoms with Crippen LogP contribution in [0.15, 0.2) is 29.2 Å².